The molecule has 3 heteroatoms. The topological polar surface area (TPSA) is 20.2 Å². The first kappa shape index (κ1) is 10.4. The zero-order chi connectivity index (χ0) is 10.6. The van der Waals surface area contributed by atoms with E-state index in [2.05, 4.69) is 18.4 Å². The number of hydrogen-bond acceptors (Lipinski definition) is 1. The van der Waals surface area contributed by atoms with Crippen LogP contribution in [0.25, 0.3) is 0 Å². The van der Waals surface area contributed by atoms with Crippen molar-refractivity contribution in [2.75, 3.05) is 6.61 Å². The first-order valence-electron chi connectivity index (χ1n) is 3.89. The maximum Gasteiger partial charge on any atom is 0.160 e. The van der Waals surface area contributed by atoms with E-state index in [1.807, 2.05) is 0 Å². The van der Waals surface area contributed by atoms with Gasteiger partial charge < -0.3 is 5.11 Å². The molecule has 0 heterocycles. The molecule has 1 aromatic carbocycles. The van der Waals surface area contributed by atoms with E-state index in [4.69, 9.17) is 5.11 Å². The van der Waals surface area contributed by atoms with Gasteiger partial charge in [0.15, 0.2) is 11.6 Å². The number of benzene rings is 1. The Labute approximate surface area is 80.7 Å². The molecule has 1 N–H and O–H groups in total. The van der Waals surface area contributed by atoms with Crippen molar-refractivity contribution in [3.05, 3.63) is 47.5 Å². The van der Waals surface area contributed by atoms with E-state index >= 15 is 0 Å². The Hall–Kier alpha value is -1.66. The molecule has 1 rings (SSSR count). The summed E-state index contributed by atoms with van der Waals surface area (Å²) in [5.74, 6) is 3.21. The fraction of sp³-hybridized carbons (Fsp3) is 0.0909. The van der Waals surface area contributed by atoms with Crippen molar-refractivity contribution < 1.29 is 13.9 Å². The minimum absolute atomic E-state index is 0.239. The third kappa shape index (κ3) is 2.68. The molecule has 0 aliphatic heterocycles. The lowest BCUT2D eigenvalue weighted by Gasteiger charge is -1.92. The highest BCUT2D eigenvalue weighted by atomic mass is 19.2. The summed E-state index contributed by atoms with van der Waals surface area (Å²) in [6, 6.07) is 3.35. The van der Waals surface area contributed by atoms with Gasteiger partial charge in [-0.1, -0.05) is 18.4 Å². The van der Waals surface area contributed by atoms with E-state index in [1.54, 1.807) is 0 Å². The van der Waals surface area contributed by atoms with Crippen LogP contribution in [-0.4, -0.2) is 11.7 Å². The van der Waals surface area contributed by atoms with Crippen molar-refractivity contribution in [3.8, 4) is 11.8 Å². The third-order valence-corrected chi connectivity index (χ3v) is 1.49. The average Bonchev–Trinajstić information content (AvgIpc) is 2.19. The zero-order valence-electron chi connectivity index (χ0n) is 7.35. The second-order valence-electron chi connectivity index (χ2n) is 2.64. The standard InChI is InChI=1S/C11H8F2O/c1-8(7-14)2-3-9-4-5-10(12)11(13)6-9/h4-6,14H,1,7H2. The predicted molar refractivity (Wildman–Crippen MR) is 49.5 cm³/mol. The van der Waals surface area contributed by atoms with Crippen LogP contribution >= 0.6 is 0 Å². The van der Waals surface area contributed by atoms with Crippen LogP contribution < -0.4 is 0 Å². The highest BCUT2D eigenvalue weighted by molar-refractivity contribution is 5.40. The third-order valence-electron chi connectivity index (χ3n) is 1.49. The molecule has 1 aromatic rings. The van der Waals surface area contributed by atoms with Gasteiger partial charge in [0.05, 0.1) is 6.61 Å². The van der Waals surface area contributed by atoms with Crippen LogP contribution in [0.1, 0.15) is 5.56 Å². The van der Waals surface area contributed by atoms with Crippen molar-refractivity contribution in [1.82, 2.24) is 0 Å². The summed E-state index contributed by atoms with van der Waals surface area (Å²) in [5, 5.41) is 8.58. The van der Waals surface area contributed by atoms with E-state index in [0.29, 0.717) is 11.1 Å². The molecule has 0 aliphatic carbocycles. The first-order chi connectivity index (χ1) is 6.63. The first-order valence-corrected chi connectivity index (χ1v) is 3.89. The Balaban J connectivity index is 2.91. The molecule has 0 amide bonds. The molecule has 0 aromatic heterocycles. The van der Waals surface area contributed by atoms with Crippen molar-refractivity contribution in [2.24, 2.45) is 0 Å². The van der Waals surface area contributed by atoms with Crippen LogP contribution in [0.5, 0.6) is 0 Å². The number of hydrogen-bond donors (Lipinski definition) is 1. The smallest absolute Gasteiger partial charge is 0.160 e. The maximum absolute atomic E-state index is 12.7. The fourth-order valence-electron chi connectivity index (χ4n) is 0.774. The number of aliphatic hydroxyl groups is 1. The molecule has 0 atom stereocenters. The van der Waals surface area contributed by atoms with Gasteiger partial charge in [-0.2, -0.15) is 0 Å². The highest BCUT2D eigenvalue weighted by Gasteiger charge is 1.99. The van der Waals surface area contributed by atoms with Gasteiger partial charge in [-0.15, -0.1) is 0 Å². The molecular weight excluding hydrogens is 186 g/mol. The van der Waals surface area contributed by atoms with Crippen LogP contribution in [0.4, 0.5) is 8.78 Å². The van der Waals surface area contributed by atoms with Crippen LogP contribution in [0.3, 0.4) is 0 Å². The van der Waals surface area contributed by atoms with Gasteiger partial charge in [-0.3, -0.25) is 0 Å². The van der Waals surface area contributed by atoms with E-state index in [0.717, 1.165) is 12.1 Å². The molecule has 14 heavy (non-hydrogen) atoms. The summed E-state index contributed by atoms with van der Waals surface area (Å²) in [6.45, 7) is 3.20. The molecule has 0 bridgehead atoms. The lowest BCUT2D eigenvalue weighted by molar-refractivity contribution is 0.336. The average molecular weight is 194 g/mol. The van der Waals surface area contributed by atoms with Crippen molar-refractivity contribution in [2.45, 2.75) is 0 Å². The van der Waals surface area contributed by atoms with Crippen LogP contribution in [0.15, 0.2) is 30.4 Å². The lowest BCUT2D eigenvalue weighted by Crippen LogP contribution is -1.86. The van der Waals surface area contributed by atoms with Gasteiger partial charge in [0, 0.05) is 11.1 Å². The van der Waals surface area contributed by atoms with E-state index in [9.17, 15) is 8.78 Å². The lowest BCUT2D eigenvalue weighted by atomic mass is 10.2. The summed E-state index contributed by atoms with van der Waals surface area (Å²) in [7, 11) is 0. The van der Waals surface area contributed by atoms with Crippen LogP contribution in [0.2, 0.25) is 0 Å². The van der Waals surface area contributed by atoms with Crippen molar-refractivity contribution in [3.63, 3.8) is 0 Å². The van der Waals surface area contributed by atoms with Gasteiger partial charge >= 0.3 is 0 Å². The van der Waals surface area contributed by atoms with Gasteiger partial charge in [0.25, 0.3) is 0 Å². The Morgan fingerprint density at radius 3 is 2.64 bits per heavy atom. The second-order valence-corrected chi connectivity index (χ2v) is 2.64. The monoisotopic (exact) mass is 194 g/mol. The summed E-state index contributed by atoms with van der Waals surface area (Å²) < 4.78 is 25.2. The van der Waals surface area contributed by atoms with E-state index in [1.165, 1.54) is 6.07 Å². The van der Waals surface area contributed by atoms with Crippen LogP contribution in [-0.2, 0) is 0 Å². The van der Waals surface area contributed by atoms with Gasteiger partial charge in [0.1, 0.15) is 0 Å². The SMILES string of the molecule is C=C(C#Cc1ccc(F)c(F)c1)CO. The van der Waals surface area contributed by atoms with E-state index in [-0.39, 0.29) is 6.61 Å². The molecule has 72 valence electrons. The molecule has 0 fully saturated rings. The Morgan fingerprint density at radius 1 is 1.36 bits per heavy atom. The van der Waals surface area contributed by atoms with Crippen molar-refractivity contribution in [1.29, 1.82) is 0 Å². The molecule has 0 spiro atoms. The van der Waals surface area contributed by atoms with Crippen molar-refractivity contribution >= 4 is 0 Å². The molecule has 0 unspecified atom stereocenters. The zero-order valence-corrected chi connectivity index (χ0v) is 7.35. The second kappa shape index (κ2) is 4.54. The predicted octanol–water partition coefficient (Wildman–Crippen LogP) is 1.86. The van der Waals surface area contributed by atoms with E-state index < -0.39 is 11.6 Å². The van der Waals surface area contributed by atoms with Gasteiger partial charge in [-0.25, -0.2) is 8.78 Å². The Kier molecular flexibility index (Phi) is 3.38. The summed E-state index contributed by atoms with van der Waals surface area (Å²) in [5.41, 5.74) is 0.674. The number of rotatable bonds is 1. The molecule has 1 nitrogen and oxygen atoms in total. The molecule has 0 saturated heterocycles. The van der Waals surface area contributed by atoms with Crippen LogP contribution in [0, 0.1) is 23.5 Å². The number of aliphatic hydroxyl groups excluding tert-OH is 1. The molecule has 0 radical (unpaired) electrons. The summed E-state index contributed by atoms with van der Waals surface area (Å²) in [6.07, 6.45) is 0. The normalized spacial score (nSPS) is 9.07. The number of halogens is 2. The summed E-state index contributed by atoms with van der Waals surface area (Å²) >= 11 is 0. The molecule has 0 aliphatic rings. The Morgan fingerprint density at radius 2 is 2.07 bits per heavy atom. The molecular formula is C11H8F2O. The minimum Gasteiger partial charge on any atom is -0.391 e. The maximum atomic E-state index is 12.7. The largest absolute Gasteiger partial charge is 0.391 e. The van der Waals surface area contributed by atoms with Gasteiger partial charge in [0.2, 0.25) is 0 Å². The minimum atomic E-state index is -0.939. The molecule has 0 saturated carbocycles. The highest BCUT2D eigenvalue weighted by Crippen LogP contribution is 2.07. The van der Waals surface area contributed by atoms with Gasteiger partial charge in [-0.05, 0) is 18.2 Å². The fourth-order valence-corrected chi connectivity index (χ4v) is 0.774. The quantitative estimate of drug-likeness (QED) is 0.676. The Bertz CT molecular complexity index is 413. The summed E-state index contributed by atoms with van der Waals surface area (Å²) in [4.78, 5) is 0.